The number of benzene rings is 1. The first-order valence-electron chi connectivity index (χ1n) is 6.08. The van der Waals surface area contributed by atoms with Crippen LogP contribution >= 0.6 is 0 Å². The number of nitrogens with zero attached hydrogens (tertiary/aromatic N) is 2. The molecular formula is C13H20N2O3. The van der Waals surface area contributed by atoms with Crippen LogP contribution in [0.25, 0.3) is 0 Å². The Labute approximate surface area is 108 Å². The highest BCUT2D eigenvalue weighted by atomic mass is 16.5. The van der Waals surface area contributed by atoms with Crippen molar-refractivity contribution >= 4 is 5.69 Å². The lowest BCUT2D eigenvalue weighted by atomic mass is 10.2. The molecule has 1 saturated heterocycles. The van der Waals surface area contributed by atoms with E-state index in [1.165, 1.54) is 0 Å². The molecular weight excluding hydrogens is 232 g/mol. The molecule has 1 N–H and O–H groups in total. The maximum absolute atomic E-state index is 9.08. The van der Waals surface area contributed by atoms with Gasteiger partial charge in [-0.3, -0.25) is 4.90 Å². The minimum atomic E-state index is 0.134. The molecule has 0 aromatic heterocycles. The third-order valence-corrected chi connectivity index (χ3v) is 3.27. The number of hydrogen-bond acceptors (Lipinski definition) is 5. The van der Waals surface area contributed by atoms with Crippen LogP contribution in [-0.4, -0.2) is 57.1 Å². The highest BCUT2D eigenvalue weighted by Gasteiger charge is 2.17. The summed E-state index contributed by atoms with van der Waals surface area (Å²) in [7, 11) is 3.31. The zero-order chi connectivity index (χ0) is 13.0. The molecule has 1 aromatic carbocycles. The van der Waals surface area contributed by atoms with Crippen molar-refractivity contribution in [3.05, 3.63) is 18.2 Å². The largest absolute Gasteiger partial charge is 0.497 e. The predicted octanol–water partition coefficient (Wildman–Crippen LogP) is 0.776. The highest BCUT2D eigenvalue weighted by molar-refractivity contribution is 5.56. The van der Waals surface area contributed by atoms with Gasteiger partial charge in [0.25, 0.3) is 0 Å². The van der Waals surface area contributed by atoms with E-state index in [1.807, 2.05) is 23.1 Å². The quantitative estimate of drug-likeness (QED) is 0.858. The van der Waals surface area contributed by atoms with E-state index in [0.717, 1.165) is 43.4 Å². The Morgan fingerprint density at radius 1 is 1.00 bits per heavy atom. The van der Waals surface area contributed by atoms with Crippen LogP contribution in [0.2, 0.25) is 0 Å². The number of methoxy groups -OCH3 is 2. The summed E-state index contributed by atoms with van der Waals surface area (Å²) in [4.78, 5) is 4.30. The fourth-order valence-electron chi connectivity index (χ4n) is 2.12. The van der Waals surface area contributed by atoms with E-state index in [0.29, 0.717) is 0 Å². The second-order valence-electron chi connectivity index (χ2n) is 4.32. The smallest absolute Gasteiger partial charge is 0.124 e. The molecule has 1 aliphatic rings. The van der Waals surface area contributed by atoms with Crippen LogP contribution in [0.1, 0.15) is 0 Å². The van der Waals surface area contributed by atoms with Crippen molar-refractivity contribution < 1.29 is 14.6 Å². The summed E-state index contributed by atoms with van der Waals surface area (Å²) in [5.74, 6) is 1.60. The Morgan fingerprint density at radius 3 is 2.00 bits per heavy atom. The van der Waals surface area contributed by atoms with E-state index in [2.05, 4.69) is 4.90 Å². The summed E-state index contributed by atoms with van der Waals surface area (Å²) in [6.45, 7) is 3.68. The van der Waals surface area contributed by atoms with Gasteiger partial charge in [-0.1, -0.05) is 0 Å². The van der Waals surface area contributed by atoms with Crippen LogP contribution in [0.3, 0.4) is 0 Å². The van der Waals surface area contributed by atoms with E-state index < -0.39 is 0 Å². The zero-order valence-corrected chi connectivity index (χ0v) is 10.9. The van der Waals surface area contributed by atoms with Crippen molar-refractivity contribution in [2.24, 2.45) is 0 Å². The molecule has 1 fully saturated rings. The molecule has 100 valence electrons. The third kappa shape index (κ3) is 2.86. The molecule has 2 rings (SSSR count). The van der Waals surface area contributed by atoms with Gasteiger partial charge in [0.2, 0.25) is 0 Å². The van der Waals surface area contributed by atoms with Crippen LogP contribution in [-0.2, 0) is 0 Å². The summed E-state index contributed by atoms with van der Waals surface area (Å²) < 4.78 is 10.5. The summed E-state index contributed by atoms with van der Waals surface area (Å²) in [5, 5.41) is 9.08. The lowest BCUT2D eigenvalue weighted by molar-refractivity contribution is 0.102. The molecule has 0 radical (unpaired) electrons. The summed E-state index contributed by atoms with van der Waals surface area (Å²) in [6, 6.07) is 5.89. The van der Waals surface area contributed by atoms with Gasteiger partial charge in [-0.25, -0.2) is 0 Å². The average molecular weight is 252 g/mol. The van der Waals surface area contributed by atoms with E-state index in [9.17, 15) is 0 Å². The second-order valence-corrected chi connectivity index (χ2v) is 4.32. The number of aliphatic hydroxyl groups is 1. The first kappa shape index (κ1) is 13.0. The molecule has 18 heavy (non-hydrogen) atoms. The highest BCUT2D eigenvalue weighted by Crippen LogP contribution is 2.28. The molecule has 0 atom stereocenters. The van der Waals surface area contributed by atoms with Crippen LogP contribution in [0.4, 0.5) is 5.69 Å². The number of piperazine rings is 1. The molecule has 5 heteroatoms. The van der Waals surface area contributed by atoms with Gasteiger partial charge in [0.05, 0.1) is 21.0 Å². The Morgan fingerprint density at radius 2 is 1.56 bits per heavy atom. The number of hydrogen-bond donors (Lipinski definition) is 1. The van der Waals surface area contributed by atoms with E-state index >= 15 is 0 Å². The summed E-state index contributed by atoms with van der Waals surface area (Å²) >= 11 is 0. The Bertz CT molecular complexity index is 368. The van der Waals surface area contributed by atoms with Crippen LogP contribution in [0, 0.1) is 0 Å². The lowest BCUT2D eigenvalue weighted by Crippen LogP contribution is -2.46. The maximum Gasteiger partial charge on any atom is 0.124 e. The van der Waals surface area contributed by atoms with Gasteiger partial charge in [-0.15, -0.1) is 0 Å². The molecule has 0 aliphatic carbocycles. The van der Waals surface area contributed by atoms with Gasteiger partial charge in [-0.2, -0.15) is 0 Å². The number of ether oxygens (including phenoxy) is 2. The molecule has 1 heterocycles. The van der Waals surface area contributed by atoms with E-state index in [-0.39, 0.29) is 6.73 Å². The predicted molar refractivity (Wildman–Crippen MR) is 70.4 cm³/mol. The molecule has 1 aromatic rings. The van der Waals surface area contributed by atoms with Crippen molar-refractivity contribution in [2.75, 3.05) is 52.0 Å². The van der Waals surface area contributed by atoms with Gasteiger partial charge < -0.3 is 19.5 Å². The van der Waals surface area contributed by atoms with Crippen LogP contribution in [0.15, 0.2) is 18.2 Å². The van der Waals surface area contributed by atoms with E-state index in [1.54, 1.807) is 14.2 Å². The summed E-state index contributed by atoms with van der Waals surface area (Å²) in [5.41, 5.74) is 1.10. The first-order valence-corrected chi connectivity index (χ1v) is 6.08. The molecule has 0 unspecified atom stereocenters. The topological polar surface area (TPSA) is 45.2 Å². The lowest BCUT2D eigenvalue weighted by Gasteiger charge is -2.35. The average Bonchev–Trinajstić information content (AvgIpc) is 2.46. The maximum atomic E-state index is 9.08. The van der Waals surface area contributed by atoms with Gasteiger partial charge in [-0.05, 0) is 0 Å². The summed E-state index contributed by atoms with van der Waals surface area (Å²) in [6.07, 6.45) is 0. The second kappa shape index (κ2) is 5.93. The van der Waals surface area contributed by atoms with Crippen LogP contribution < -0.4 is 14.4 Å². The van der Waals surface area contributed by atoms with Crippen molar-refractivity contribution in [1.29, 1.82) is 0 Å². The Kier molecular flexibility index (Phi) is 4.28. The standard InChI is InChI=1S/C13H20N2O3/c1-17-12-7-11(8-13(9-12)18-2)15-5-3-14(10-16)4-6-15/h7-9,16H,3-6,10H2,1-2H3. The SMILES string of the molecule is COc1cc(OC)cc(N2CCN(CO)CC2)c1. The monoisotopic (exact) mass is 252 g/mol. The zero-order valence-electron chi connectivity index (χ0n) is 10.9. The van der Waals surface area contributed by atoms with Gasteiger partial charge >= 0.3 is 0 Å². The third-order valence-electron chi connectivity index (χ3n) is 3.27. The number of anilines is 1. The molecule has 0 amide bonds. The minimum Gasteiger partial charge on any atom is -0.497 e. The fourth-order valence-corrected chi connectivity index (χ4v) is 2.12. The molecule has 0 spiro atoms. The van der Waals surface area contributed by atoms with Gasteiger partial charge in [0.1, 0.15) is 11.5 Å². The first-order chi connectivity index (χ1) is 8.76. The van der Waals surface area contributed by atoms with Crippen molar-refractivity contribution in [3.63, 3.8) is 0 Å². The van der Waals surface area contributed by atoms with Gasteiger partial charge in [0, 0.05) is 50.1 Å². The molecule has 0 saturated carbocycles. The van der Waals surface area contributed by atoms with E-state index in [4.69, 9.17) is 14.6 Å². The minimum absolute atomic E-state index is 0.134. The van der Waals surface area contributed by atoms with Gasteiger partial charge in [0.15, 0.2) is 0 Å². The molecule has 1 aliphatic heterocycles. The molecule has 5 nitrogen and oxygen atoms in total. The van der Waals surface area contributed by atoms with Crippen molar-refractivity contribution in [2.45, 2.75) is 0 Å². The van der Waals surface area contributed by atoms with Crippen molar-refractivity contribution in [1.82, 2.24) is 4.90 Å². The number of rotatable bonds is 4. The Balaban J connectivity index is 2.13. The Hall–Kier alpha value is -1.46. The number of aliphatic hydroxyl groups excluding tert-OH is 1. The van der Waals surface area contributed by atoms with Crippen molar-refractivity contribution in [3.8, 4) is 11.5 Å². The van der Waals surface area contributed by atoms with Crippen LogP contribution in [0.5, 0.6) is 11.5 Å². The normalized spacial score (nSPS) is 16.7. The molecule has 0 bridgehead atoms. The fraction of sp³-hybridized carbons (Fsp3) is 0.538.